The second-order valence-corrected chi connectivity index (χ2v) is 8.02. The van der Waals surface area contributed by atoms with E-state index >= 15 is 0 Å². The number of aromatic nitrogens is 1. The number of hydrogen-bond acceptors (Lipinski definition) is 8. The third-order valence-electron chi connectivity index (χ3n) is 5.18. The molecule has 2 amide bonds. The van der Waals surface area contributed by atoms with Crippen LogP contribution < -0.4 is 14.8 Å². The summed E-state index contributed by atoms with van der Waals surface area (Å²) in [7, 11) is 3.20. The SMILES string of the molecule is COc1ccc(OC)c(Nc2nc(CC(=O)N3CCN(C(=O)c4ccco4)CC3)cs2)c1. The Labute approximate surface area is 189 Å². The van der Waals surface area contributed by atoms with Gasteiger partial charge in [-0.25, -0.2) is 4.98 Å². The lowest BCUT2D eigenvalue weighted by molar-refractivity contribution is -0.132. The van der Waals surface area contributed by atoms with Crippen molar-refractivity contribution in [2.24, 2.45) is 0 Å². The average Bonchev–Trinajstić information content (AvgIpc) is 3.51. The highest BCUT2D eigenvalue weighted by Crippen LogP contribution is 2.32. The first kappa shape index (κ1) is 21.7. The predicted octanol–water partition coefficient (Wildman–Crippen LogP) is 3.02. The number of methoxy groups -OCH3 is 2. The molecule has 0 saturated carbocycles. The highest BCUT2D eigenvalue weighted by atomic mass is 32.1. The minimum atomic E-state index is -0.148. The van der Waals surface area contributed by atoms with Crippen LogP contribution in [0.4, 0.5) is 10.8 Å². The van der Waals surface area contributed by atoms with Gasteiger partial charge in [0.1, 0.15) is 11.5 Å². The lowest BCUT2D eigenvalue weighted by atomic mass is 10.2. The first-order valence-electron chi connectivity index (χ1n) is 10.1. The van der Waals surface area contributed by atoms with E-state index in [0.29, 0.717) is 54.3 Å². The van der Waals surface area contributed by atoms with Crippen molar-refractivity contribution in [3.63, 3.8) is 0 Å². The molecule has 9 nitrogen and oxygen atoms in total. The summed E-state index contributed by atoms with van der Waals surface area (Å²) in [5, 5.41) is 5.75. The lowest BCUT2D eigenvalue weighted by Gasteiger charge is -2.34. The fraction of sp³-hybridized carbons (Fsp3) is 0.318. The Balaban J connectivity index is 1.32. The molecule has 2 aromatic heterocycles. The Morgan fingerprint density at radius 1 is 1.12 bits per heavy atom. The second kappa shape index (κ2) is 9.73. The molecule has 1 saturated heterocycles. The van der Waals surface area contributed by atoms with Gasteiger partial charge in [0.05, 0.1) is 38.3 Å². The zero-order valence-electron chi connectivity index (χ0n) is 17.9. The summed E-state index contributed by atoms with van der Waals surface area (Å²) in [6.45, 7) is 1.93. The van der Waals surface area contributed by atoms with E-state index in [0.717, 1.165) is 5.69 Å². The van der Waals surface area contributed by atoms with Crippen molar-refractivity contribution >= 4 is 34.0 Å². The van der Waals surface area contributed by atoms with Crippen LogP contribution in [-0.4, -0.2) is 67.0 Å². The van der Waals surface area contributed by atoms with Gasteiger partial charge in [-0.1, -0.05) is 0 Å². The van der Waals surface area contributed by atoms with Gasteiger partial charge in [0.2, 0.25) is 5.91 Å². The molecule has 168 valence electrons. The van der Waals surface area contributed by atoms with E-state index in [2.05, 4.69) is 10.3 Å². The molecule has 1 aromatic carbocycles. The van der Waals surface area contributed by atoms with Gasteiger partial charge < -0.3 is 29.0 Å². The van der Waals surface area contributed by atoms with Crippen molar-refractivity contribution in [2.75, 3.05) is 45.7 Å². The minimum Gasteiger partial charge on any atom is -0.497 e. The molecule has 0 aliphatic carbocycles. The second-order valence-electron chi connectivity index (χ2n) is 7.16. The number of carbonyl (C=O) groups excluding carboxylic acids is 2. The summed E-state index contributed by atoms with van der Waals surface area (Å²) in [5.74, 6) is 1.53. The number of carbonyl (C=O) groups is 2. The standard InChI is InChI=1S/C22H24N4O5S/c1-29-16-5-6-18(30-2)17(13-16)24-22-23-15(14-32-22)12-20(27)25-7-9-26(10-8-25)21(28)19-4-3-11-31-19/h3-6,11,13-14H,7-10,12H2,1-2H3,(H,23,24). The van der Waals surface area contributed by atoms with E-state index in [-0.39, 0.29) is 18.2 Å². The maximum atomic E-state index is 12.7. The summed E-state index contributed by atoms with van der Waals surface area (Å²) < 4.78 is 15.8. The summed E-state index contributed by atoms with van der Waals surface area (Å²) in [5.41, 5.74) is 1.43. The number of piperazine rings is 1. The molecule has 0 bridgehead atoms. The van der Waals surface area contributed by atoms with Gasteiger partial charge in [0.25, 0.3) is 5.91 Å². The number of hydrogen-bond donors (Lipinski definition) is 1. The van der Waals surface area contributed by atoms with Crippen molar-refractivity contribution in [1.29, 1.82) is 0 Å². The van der Waals surface area contributed by atoms with Crippen molar-refractivity contribution in [1.82, 2.24) is 14.8 Å². The van der Waals surface area contributed by atoms with Crippen LogP contribution in [-0.2, 0) is 11.2 Å². The van der Waals surface area contributed by atoms with E-state index in [9.17, 15) is 9.59 Å². The van der Waals surface area contributed by atoms with E-state index in [1.54, 1.807) is 36.2 Å². The molecule has 4 rings (SSSR count). The smallest absolute Gasteiger partial charge is 0.289 e. The molecular weight excluding hydrogens is 432 g/mol. The highest BCUT2D eigenvalue weighted by Gasteiger charge is 2.26. The van der Waals surface area contributed by atoms with Crippen LogP contribution in [0.2, 0.25) is 0 Å². The third-order valence-corrected chi connectivity index (χ3v) is 5.99. The van der Waals surface area contributed by atoms with Crippen LogP contribution in [0.3, 0.4) is 0 Å². The molecule has 3 heterocycles. The van der Waals surface area contributed by atoms with E-state index in [1.807, 2.05) is 23.6 Å². The average molecular weight is 457 g/mol. The zero-order valence-corrected chi connectivity index (χ0v) is 18.7. The molecule has 1 fully saturated rings. The maximum Gasteiger partial charge on any atom is 0.289 e. The van der Waals surface area contributed by atoms with Crippen LogP contribution in [0.25, 0.3) is 0 Å². The van der Waals surface area contributed by atoms with Gasteiger partial charge in [-0.15, -0.1) is 11.3 Å². The van der Waals surface area contributed by atoms with Gasteiger partial charge in [0.15, 0.2) is 10.9 Å². The molecule has 1 aliphatic rings. The Bertz CT molecular complexity index is 1070. The largest absolute Gasteiger partial charge is 0.497 e. The number of thiazole rings is 1. The number of rotatable bonds is 7. The normalized spacial score (nSPS) is 13.7. The Morgan fingerprint density at radius 3 is 2.59 bits per heavy atom. The lowest BCUT2D eigenvalue weighted by Crippen LogP contribution is -2.50. The molecule has 32 heavy (non-hydrogen) atoms. The quantitative estimate of drug-likeness (QED) is 0.584. The van der Waals surface area contributed by atoms with Crippen LogP contribution in [0.1, 0.15) is 16.2 Å². The summed E-state index contributed by atoms with van der Waals surface area (Å²) in [4.78, 5) is 33.1. The van der Waals surface area contributed by atoms with Gasteiger partial charge in [-0.2, -0.15) is 0 Å². The van der Waals surface area contributed by atoms with Crippen LogP contribution >= 0.6 is 11.3 Å². The molecule has 1 aliphatic heterocycles. The number of nitrogens with zero attached hydrogens (tertiary/aromatic N) is 3. The summed E-state index contributed by atoms with van der Waals surface area (Å²) >= 11 is 1.42. The number of ether oxygens (including phenoxy) is 2. The number of furan rings is 1. The molecule has 1 N–H and O–H groups in total. The Hall–Kier alpha value is -3.53. The summed E-state index contributed by atoms with van der Waals surface area (Å²) in [6, 6.07) is 8.80. The van der Waals surface area contributed by atoms with Crippen LogP contribution in [0.15, 0.2) is 46.4 Å². The van der Waals surface area contributed by atoms with E-state index in [4.69, 9.17) is 13.9 Å². The predicted molar refractivity (Wildman–Crippen MR) is 120 cm³/mol. The highest BCUT2D eigenvalue weighted by molar-refractivity contribution is 7.13. The van der Waals surface area contributed by atoms with Gasteiger partial charge >= 0.3 is 0 Å². The fourth-order valence-corrected chi connectivity index (χ4v) is 4.18. The monoisotopic (exact) mass is 456 g/mol. The maximum absolute atomic E-state index is 12.7. The van der Waals surface area contributed by atoms with Crippen molar-refractivity contribution in [3.8, 4) is 11.5 Å². The third kappa shape index (κ3) is 4.86. The molecule has 0 spiro atoms. The number of nitrogens with one attached hydrogen (secondary N) is 1. The Morgan fingerprint density at radius 2 is 1.91 bits per heavy atom. The number of benzene rings is 1. The molecule has 3 aromatic rings. The van der Waals surface area contributed by atoms with E-state index < -0.39 is 0 Å². The van der Waals surface area contributed by atoms with Crippen LogP contribution in [0, 0.1) is 0 Å². The molecule has 0 atom stereocenters. The first-order valence-corrected chi connectivity index (χ1v) is 11.0. The van der Waals surface area contributed by atoms with Gasteiger partial charge in [-0.05, 0) is 24.3 Å². The Kier molecular flexibility index (Phi) is 6.60. The molecule has 0 radical (unpaired) electrons. The number of anilines is 2. The van der Waals surface area contributed by atoms with Gasteiger partial charge in [-0.3, -0.25) is 9.59 Å². The first-order chi connectivity index (χ1) is 15.6. The van der Waals surface area contributed by atoms with Crippen molar-refractivity contribution < 1.29 is 23.5 Å². The molecular formula is C22H24N4O5S. The van der Waals surface area contributed by atoms with Crippen molar-refractivity contribution in [3.05, 3.63) is 53.4 Å². The van der Waals surface area contributed by atoms with Crippen LogP contribution in [0.5, 0.6) is 11.5 Å². The topological polar surface area (TPSA) is 97.1 Å². The minimum absolute atomic E-state index is 0.00842. The molecule has 10 heteroatoms. The summed E-state index contributed by atoms with van der Waals surface area (Å²) in [6.07, 6.45) is 1.69. The fourth-order valence-electron chi connectivity index (χ4n) is 3.45. The van der Waals surface area contributed by atoms with E-state index in [1.165, 1.54) is 17.6 Å². The molecule has 0 unspecified atom stereocenters. The van der Waals surface area contributed by atoms with Gasteiger partial charge in [0, 0.05) is 37.6 Å². The van der Waals surface area contributed by atoms with Crippen molar-refractivity contribution in [2.45, 2.75) is 6.42 Å². The number of amides is 2. The zero-order chi connectivity index (χ0) is 22.5.